The molecule has 0 radical (unpaired) electrons. The van der Waals surface area contributed by atoms with Gasteiger partial charge in [0.1, 0.15) is 0 Å². The molecule has 0 aliphatic rings. The van der Waals surface area contributed by atoms with Gasteiger partial charge in [0.05, 0.1) is 0 Å². The van der Waals surface area contributed by atoms with E-state index in [9.17, 15) is 9.59 Å². The molecule has 0 bridgehead atoms. The molecule has 0 saturated heterocycles. The molecule has 0 N–H and O–H groups in total. The third-order valence-electron chi connectivity index (χ3n) is 6.12. The van der Waals surface area contributed by atoms with Gasteiger partial charge in [-0.25, -0.2) is 0 Å². The second kappa shape index (κ2) is 9.82. The molecule has 0 aliphatic heterocycles. The Balaban J connectivity index is 1.79. The smallest absolute Gasteiger partial charge is 0.163 e. The molecule has 2 aromatic carbocycles. The van der Waals surface area contributed by atoms with Crippen LogP contribution in [0.3, 0.4) is 0 Å². The van der Waals surface area contributed by atoms with Gasteiger partial charge < -0.3 is 0 Å². The Hall–Kier alpha value is -3.07. The molecular formula is C30H35NO2. The maximum atomic E-state index is 13.1. The highest BCUT2D eigenvalue weighted by molar-refractivity contribution is 5.99. The minimum absolute atomic E-state index is 0.0296. The van der Waals surface area contributed by atoms with E-state index in [0.717, 1.165) is 5.69 Å². The van der Waals surface area contributed by atoms with Gasteiger partial charge in [-0.1, -0.05) is 96.1 Å². The van der Waals surface area contributed by atoms with Gasteiger partial charge in [0.15, 0.2) is 11.6 Å². The zero-order valence-electron chi connectivity index (χ0n) is 20.7. The van der Waals surface area contributed by atoms with Gasteiger partial charge in [0, 0.05) is 41.8 Å². The second-order valence-electron chi connectivity index (χ2n) is 10.9. The molecule has 3 aromatic rings. The molecule has 33 heavy (non-hydrogen) atoms. The SMILES string of the molecule is CC(C)(C)c1ccc(C(=O)CC(CC(=O)c2ccc(C(C)(C)C)cc2)c2ccccn2)cc1. The Kier molecular flexibility index (Phi) is 7.31. The van der Waals surface area contributed by atoms with Gasteiger partial charge in [-0.2, -0.15) is 0 Å². The first kappa shape index (κ1) is 24.6. The molecule has 3 heteroatoms. The van der Waals surface area contributed by atoms with E-state index in [1.165, 1.54) is 11.1 Å². The van der Waals surface area contributed by atoms with Crippen molar-refractivity contribution in [3.8, 4) is 0 Å². The van der Waals surface area contributed by atoms with Crippen LogP contribution < -0.4 is 0 Å². The van der Waals surface area contributed by atoms with Crippen molar-refractivity contribution in [2.75, 3.05) is 0 Å². The number of hydrogen-bond acceptors (Lipinski definition) is 3. The van der Waals surface area contributed by atoms with E-state index < -0.39 is 0 Å². The topological polar surface area (TPSA) is 47.0 Å². The minimum Gasteiger partial charge on any atom is -0.294 e. The van der Waals surface area contributed by atoms with E-state index in [2.05, 4.69) is 46.5 Å². The molecule has 1 aromatic heterocycles. The van der Waals surface area contributed by atoms with Crippen LogP contribution in [0.15, 0.2) is 72.9 Å². The fourth-order valence-corrected chi connectivity index (χ4v) is 3.89. The number of hydrogen-bond donors (Lipinski definition) is 0. The van der Waals surface area contributed by atoms with Crippen molar-refractivity contribution in [1.29, 1.82) is 0 Å². The largest absolute Gasteiger partial charge is 0.294 e. The molecule has 0 amide bonds. The quantitative estimate of drug-likeness (QED) is 0.361. The molecule has 0 aliphatic carbocycles. The van der Waals surface area contributed by atoms with Gasteiger partial charge >= 0.3 is 0 Å². The molecule has 3 rings (SSSR count). The molecule has 0 saturated carbocycles. The van der Waals surface area contributed by atoms with Crippen molar-refractivity contribution in [2.45, 2.75) is 71.1 Å². The third kappa shape index (κ3) is 6.47. The van der Waals surface area contributed by atoms with Crippen molar-refractivity contribution in [3.63, 3.8) is 0 Å². The maximum Gasteiger partial charge on any atom is 0.163 e. The average Bonchev–Trinajstić information content (AvgIpc) is 2.78. The first-order valence-corrected chi connectivity index (χ1v) is 11.6. The van der Waals surface area contributed by atoms with Crippen molar-refractivity contribution in [1.82, 2.24) is 4.98 Å². The summed E-state index contributed by atoms with van der Waals surface area (Å²) in [6.07, 6.45) is 2.21. The van der Waals surface area contributed by atoms with Crippen molar-refractivity contribution in [2.24, 2.45) is 0 Å². The van der Waals surface area contributed by atoms with Gasteiger partial charge in [-0.05, 0) is 34.1 Å². The molecular weight excluding hydrogens is 406 g/mol. The Morgan fingerprint density at radius 3 is 1.42 bits per heavy atom. The zero-order chi connectivity index (χ0) is 24.2. The first-order chi connectivity index (χ1) is 15.4. The van der Waals surface area contributed by atoms with Gasteiger partial charge in [-0.15, -0.1) is 0 Å². The zero-order valence-corrected chi connectivity index (χ0v) is 20.7. The number of aromatic nitrogens is 1. The lowest BCUT2D eigenvalue weighted by atomic mass is 9.84. The van der Waals surface area contributed by atoms with Crippen LogP contribution in [0.1, 0.15) is 97.8 Å². The molecule has 0 atom stereocenters. The average molecular weight is 442 g/mol. The number of carbonyl (C=O) groups is 2. The number of ketones is 2. The van der Waals surface area contributed by atoms with Gasteiger partial charge in [0.2, 0.25) is 0 Å². The Labute approximate surface area is 198 Å². The molecule has 1 heterocycles. The maximum absolute atomic E-state index is 13.1. The first-order valence-electron chi connectivity index (χ1n) is 11.6. The number of rotatable bonds is 7. The summed E-state index contributed by atoms with van der Waals surface area (Å²) in [4.78, 5) is 30.7. The summed E-state index contributed by atoms with van der Waals surface area (Å²) in [5.74, 6) is -0.209. The highest BCUT2D eigenvalue weighted by Gasteiger charge is 2.23. The van der Waals surface area contributed by atoms with Crippen LogP contribution in [-0.4, -0.2) is 16.6 Å². The van der Waals surface area contributed by atoms with E-state index in [0.29, 0.717) is 11.1 Å². The number of Topliss-reactive ketones (excluding diaryl/α,β-unsaturated/α-hetero) is 2. The fourth-order valence-electron chi connectivity index (χ4n) is 3.89. The van der Waals surface area contributed by atoms with E-state index >= 15 is 0 Å². The Bertz CT molecular complexity index is 1010. The van der Waals surface area contributed by atoms with Gasteiger partial charge in [0.25, 0.3) is 0 Å². The van der Waals surface area contributed by atoms with Crippen molar-refractivity contribution < 1.29 is 9.59 Å². The van der Waals surface area contributed by atoms with Crippen LogP contribution in [0.2, 0.25) is 0 Å². The normalized spacial score (nSPS) is 12.1. The van der Waals surface area contributed by atoms with Crippen LogP contribution in [0, 0.1) is 0 Å². The van der Waals surface area contributed by atoms with Gasteiger partial charge in [-0.3, -0.25) is 14.6 Å². The number of carbonyl (C=O) groups excluding carboxylic acids is 2. The van der Waals surface area contributed by atoms with E-state index in [4.69, 9.17) is 0 Å². The summed E-state index contributed by atoms with van der Waals surface area (Å²) in [7, 11) is 0. The number of nitrogens with zero attached hydrogens (tertiary/aromatic N) is 1. The standard InChI is InChI=1S/C30H35NO2/c1-29(2,3)24-14-10-21(11-15-24)27(32)19-23(26-9-7-8-18-31-26)20-28(33)22-12-16-25(17-13-22)30(4,5)6/h7-18,23H,19-20H2,1-6H3. The predicted molar refractivity (Wildman–Crippen MR) is 135 cm³/mol. The van der Waals surface area contributed by atoms with Crippen LogP contribution in [-0.2, 0) is 10.8 Å². The van der Waals surface area contributed by atoms with E-state index in [-0.39, 0.29) is 41.2 Å². The van der Waals surface area contributed by atoms with E-state index in [1.807, 2.05) is 66.7 Å². The summed E-state index contributed by atoms with van der Waals surface area (Å²) in [5.41, 5.74) is 4.57. The molecule has 3 nitrogen and oxygen atoms in total. The lowest BCUT2D eigenvalue weighted by Gasteiger charge is -2.20. The highest BCUT2D eigenvalue weighted by Crippen LogP contribution is 2.28. The summed E-state index contributed by atoms with van der Waals surface area (Å²) < 4.78 is 0. The molecule has 0 spiro atoms. The predicted octanol–water partition coefficient (Wildman–Crippen LogP) is 7.31. The van der Waals surface area contributed by atoms with Crippen molar-refractivity contribution in [3.05, 3.63) is 101 Å². The summed E-state index contributed by atoms with van der Waals surface area (Å²) in [6, 6.07) is 21.3. The van der Waals surface area contributed by atoms with Crippen LogP contribution in [0.5, 0.6) is 0 Å². The minimum atomic E-state index is -0.268. The summed E-state index contributed by atoms with van der Waals surface area (Å²) in [6.45, 7) is 12.9. The van der Waals surface area contributed by atoms with Crippen molar-refractivity contribution >= 4 is 11.6 Å². The number of pyridine rings is 1. The number of benzene rings is 2. The summed E-state index contributed by atoms with van der Waals surface area (Å²) in [5, 5.41) is 0. The Morgan fingerprint density at radius 1 is 0.667 bits per heavy atom. The molecule has 0 fully saturated rings. The van der Waals surface area contributed by atoms with Crippen LogP contribution in [0.4, 0.5) is 0 Å². The highest BCUT2D eigenvalue weighted by atomic mass is 16.1. The molecule has 172 valence electrons. The summed E-state index contributed by atoms with van der Waals surface area (Å²) >= 11 is 0. The lowest BCUT2D eigenvalue weighted by molar-refractivity contribution is 0.0943. The Morgan fingerprint density at radius 2 is 1.09 bits per heavy atom. The fraction of sp³-hybridized carbons (Fsp3) is 0.367. The second-order valence-corrected chi connectivity index (χ2v) is 10.9. The molecule has 0 unspecified atom stereocenters. The lowest BCUT2D eigenvalue weighted by Crippen LogP contribution is -2.15. The monoisotopic (exact) mass is 441 g/mol. The third-order valence-corrected chi connectivity index (χ3v) is 6.12. The van der Waals surface area contributed by atoms with Crippen LogP contribution >= 0.6 is 0 Å². The van der Waals surface area contributed by atoms with Crippen LogP contribution in [0.25, 0.3) is 0 Å². The van der Waals surface area contributed by atoms with E-state index in [1.54, 1.807) is 6.20 Å².